The van der Waals surface area contributed by atoms with Gasteiger partial charge in [-0.1, -0.05) is 0 Å². The minimum absolute atomic E-state index is 0.273. The molecule has 1 atom stereocenters. The third-order valence-electron chi connectivity index (χ3n) is 5.75. The first-order valence-corrected chi connectivity index (χ1v) is 12.7. The number of aryl methyl sites for hydroxylation is 1. The fraction of sp³-hybridized carbons (Fsp3) is 0.409. The molecule has 12 heteroatoms. The third kappa shape index (κ3) is 4.98. The van der Waals surface area contributed by atoms with Crippen LogP contribution in [-0.2, 0) is 9.53 Å². The van der Waals surface area contributed by atoms with Crippen LogP contribution in [0.2, 0.25) is 0 Å². The van der Waals surface area contributed by atoms with E-state index in [9.17, 15) is 19.2 Å². The van der Waals surface area contributed by atoms with Crippen LogP contribution in [0.15, 0.2) is 41.8 Å². The predicted molar refractivity (Wildman–Crippen MR) is 128 cm³/mol. The van der Waals surface area contributed by atoms with E-state index in [1.54, 1.807) is 32.1 Å². The molecule has 1 unspecified atom stereocenters. The molecule has 2 amide bonds. The van der Waals surface area contributed by atoms with Crippen molar-refractivity contribution in [1.82, 2.24) is 20.6 Å². The largest absolute Gasteiger partial charge is 0.441 e. The number of aliphatic imine (C=N–C) groups is 1. The maximum absolute atomic E-state index is 13.5. The number of halogens is 2. The van der Waals surface area contributed by atoms with Crippen molar-refractivity contribution in [2.75, 3.05) is 7.05 Å². The molecule has 0 aromatic carbocycles. The number of aromatic nitrogens is 1. The Labute approximate surface area is 206 Å². The molecule has 1 saturated carbocycles. The number of ether oxygens (including phenoxy) is 1. The van der Waals surface area contributed by atoms with E-state index in [-0.39, 0.29) is 5.91 Å². The number of nitriles is 1. The Morgan fingerprint density at radius 2 is 2.12 bits per heavy atom. The highest BCUT2D eigenvalue weighted by molar-refractivity contribution is 14.2. The van der Waals surface area contributed by atoms with Gasteiger partial charge in [-0.25, -0.2) is 14.8 Å². The van der Waals surface area contributed by atoms with Crippen molar-refractivity contribution in [1.29, 1.82) is 5.26 Å². The van der Waals surface area contributed by atoms with E-state index in [0.29, 0.717) is 48.3 Å². The third-order valence-corrected chi connectivity index (χ3v) is 8.23. The van der Waals surface area contributed by atoms with Crippen molar-refractivity contribution < 1.29 is 18.7 Å². The number of amides is 2. The highest BCUT2D eigenvalue weighted by atomic mass is 127. The fourth-order valence-electron chi connectivity index (χ4n) is 3.52. The summed E-state index contributed by atoms with van der Waals surface area (Å²) >= 11 is -0.768. The van der Waals surface area contributed by atoms with Gasteiger partial charge in [-0.05, 0) is 45.1 Å². The lowest BCUT2D eigenvalue weighted by molar-refractivity contribution is -0.123. The number of pyridine rings is 1. The second-order valence-corrected chi connectivity index (χ2v) is 10.3. The molecule has 2 N–H and O–H groups in total. The maximum atomic E-state index is 13.5. The van der Waals surface area contributed by atoms with Gasteiger partial charge in [0, 0.05) is 36.8 Å². The van der Waals surface area contributed by atoms with Crippen LogP contribution < -0.4 is 10.6 Å². The summed E-state index contributed by atoms with van der Waals surface area (Å²) in [4.78, 5) is 33.0. The van der Waals surface area contributed by atoms with Crippen LogP contribution in [0.1, 0.15) is 49.8 Å². The molecular weight excluding hydrogens is 556 g/mol. The maximum Gasteiger partial charge on any atom is 0.413 e. The van der Waals surface area contributed by atoms with Gasteiger partial charge >= 0.3 is 6.09 Å². The van der Waals surface area contributed by atoms with Crippen LogP contribution in [0.4, 0.5) is 9.18 Å². The van der Waals surface area contributed by atoms with Gasteiger partial charge < -0.3 is 10.1 Å². The van der Waals surface area contributed by atoms with Crippen molar-refractivity contribution in [3.8, 4) is 6.07 Å². The van der Waals surface area contributed by atoms with Crippen molar-refractivity contribution in [3.63, 3.8) is 0 Å². The van der Waals surface area contributed by atoms with E-state index in [1.165, 1.54) is 12.3 Å². The smallest absolute Gasteiger partial charge is 0.413 e. The van der Waals surface area contributed by atoms with E-state index in [0.717, 1.165) is 9.29 Å². The van der Waals surface area contributed by atoms with E-state index in [2.05, 4.69) is 29.9 Å². The molecule has 10 nitrogen and oxygen atoms in total. The first-order chi connectivity index (χ1) is 16.2. The fourth-order valence-corrected chi connectivity index (χ4v) is 5.67. The molecule has 1 aromatic heterocycles. The monoisotopic (exact) mass is 579 g/mol. The van der Waals surface area contributed by atoms with E-state index >= 15 is 0 Å². The molecule has 3 heterocycles. The zero-order valence-corrected chi connectivity index (χ0v) is 21.0. The number of carbonyl (C=O) groups is 2. The summed E-state index contributed by atoms with van der Waals surface area (Å²) in [6.07, 6.45) is 3.93. The number of nitrogens with zero attached hydrogens (tertiary/aromatic N) is 5. The molecule has 34 heavy (non-hydrogen) atoms. The van der Waals surface area contributed by atoms with Crippen molar-refractivity contribution in [2.45, 2.75) is 45.6 Å². The summed E-state index contributed by atoms with van der Waals surface area (Å²) < 4.78 is 24.3. The summed E-state index contributed by atoms with van der Waals surface area (Å²) in [6.45, 7) is 3.43. The molecule has 0 radical (unpaired) electrons. The lowest BCUT2D eigenvalue weighted by Crippen LogP contribution is -2.33. The van der Waals surface area contributed by atoms with Crippen molar-refractivity contribution >= 4 is 38.7 Å². The van der Waals surface area contributed by atoms with Gasteiger partial charge in [0.25, 0.3) is 0 Å². The number of alkyl carbamates (subject to hydrolysis) is 1. The summed E-state index contributed by atoms with van der Waals surface area (Å²) in [5.74, 6) is -0.409. The summed E-state index contributed by atoms with van der Waals surface area (Å²) in [5, 5.41) is 16.3. The van der Waals surface area contributed by atoms with Crippen LogP contribution in [0.5, 0.6) is 0 Å². The Morgan fingerprint density at radius 3 is 2.76 bits per heavy atom. The van der Waals surface area contributed by atoms with Crippen LogP contribution in [0.3, 0.4) is 0 Å². The number of hydrogen-bond acceptors (Lipinski definition) is 8. The zero-order chi connectivity index (χ0) is 24.5. The highest BCUT2D eigenvalue weighted by Gasteiger charge is 2.50. The summed E-state index contributed by atoms with van der Waals surface area (Å²) in [7, 11) is 1.73. The van der Waals surface area contributed by atoms with Crippen molar-refractivity contribution in [2.24, 2.45) is 13.7 Å². The standard InChI is InChI=1S/C22H23FIN7O3/c1-12-9-27-17(23)8-15(12)13(2)34-21(33)29-19-18(24-30-31(19)3)16-5-4-14(10-26-16)28-20(32)22(11-25)6-7-22/h8-10,13H,4-7H2,1-3H3,(H,28,32)(H,29,33). The molecule has 1 fully saturated rings. The molecule has 4 rings (SSSR count). The average molecular weight is 579 g/mol. The summed E-state index contributed by atoms with van der Waals surface area (Å²) in [5.41, 5.74) is 1.82. The van der Waals surface area contributed by atoms with E-state index in [4.69, 9.17) is 4.74 Å². The van der Waals surface area contributed by atoms with Gasteiger partial charge in [0.15, 0.2) is 0 Å². The van der Waals surface area contributed by atoms with Gasteiger partial charge in [-0.3, -0.25) is 15.1 Å². The van der Waals surface area contributed by atoms with Gasteiger partial charge in [0.05, 0.1) is 36.4 Å². The highest BCUT2D eigenvalue weighted by Crippen LogP contribution is 2.45. The second-order valence-electron chi connectivity index (χ2n) is 8.26. The van der Waals surface area contributed by atoms with Gasteiger partial charge in [-0.15, -0.1) is 3.25 Å². The quantitative estimate of drug-likeness (QED) is 0.387. The number of nitrogens with one attached hydrogen (secondary N) is 2. The first kappa shape index (κ1) is 23.9. The Hall–Kier alpha value is -3.21. The van der Waals surface area contributed by atoms with Gasteiger partial charge in [-0.2, -0.15) is 9.65 Å². The zero-order valence-electron chi connectivity index (χ0n) is 18.9. The molecule has 0 saturated heterocycles. The van der Waals surface area contributed by atoms with E-state index < -0.39 is 44.6 Å². The number of rotatable bonds is 6. The molecule has 1 aromatic rings. The molecule has 3 aliphatic rings. The SMILES string of the molecule is Cc1cnc(F)cc1C(C)OC(=O)NC1=C(C2=NC=C(NC(=O)C3(C#N)CC3)CC2)I=NN1C. The van der Waals surface area contributed by atoms with Gasteiger partial charge in [0.1, 0.15) is 17.3 Å². The van der Waals surface area contributed by atoms with Crippen LogP contribution >= 0.6 is 21.0 Å². The van der Waals surface area contributed by atoms with Gasteiger partial charge in [0.2, 0.25) is 11.9 Å². The molecule has 1 aliphatic carbocycles. The lowest BCUT2D eigenvalue weighted by atomic mass is 10.1. The van der Waals surface area contributed by atoms with Crippen molar-refractivity contribution in [3.05, 3.63) is 50.6 Å². The molecule has 0 bridgehead atoms. The Morgan fingerprint density at radius 1 is 1.35 bits per heavy atom. The summed E-state index contributed by atoms with van der Waals surface area (Å²) in [6, 6.07) is 3.34. The minimum Gasteiger partial charge on any atom is -0.441 e. The molecule has 178 valence electrons. The topological polar surface area (TPSA) is 132 Å². The minimum atomic E-state index is -0.888. The predicted octanol–water partition coefficient (Wildman–Crippen LogP) is 4.00. The first-order valence-electron chi connectivity index (χ1n) is 10.6. The number of allylic oxidation sites excluding steroid dienone is 2. The van der Waals surface area contributed by atoms with Crippen LogP contribution in [0, 0.1) is 29.6 Å². The van der Waals surface area contributed by atoms with Crippen LogP contribution in [-0.4, -0.2) is 34.8 Å². The Balaban J connectivity index is 1.44. The van der Waals surface area contributed by atoms with Crippen LogP contribution in [0.25, 0.3) is 0 Å². The molecule has 2 aliphatic heterocycles. The molecular formula is C22H23FIN7O3. The average Bonchev–Trinajstić information content (AvgIpc) is 3.54. The Bertz CT molecular complexity index is 1210. The molecule has 0 spiro atoms. The normalized spacial score (nSPS) is 19.3. The second kappa shape index (κ2) is 9.57. The number of hydrogen-bond donors (Lipinski definition) is 2. The van der Waals surface area contributed by atoms with E-state index in [1.807, 2.05) is 0 Å². The lowest BCUT2D eigenvalue weighted by Gasteiger charge is -2.20. The Kier molecular flexibility index (Phi) is 6.74. The number of carbonyl (C=O) groups excluding carboxylic acids is 2.